The topological polar surface area (TPSA) is 75.7 Å². The SMILES string of the molecule is O=C(COC(=O)[C@@H]1CC(=O)N(c2cccc(C(F)(F)F)c2)C1)NC1CCCCC1. The van der Waals surface area contributed by atoms with Crippen molar-refractivity contribution in [2.45, 2.75) is 50.7 Å². The van der Waals surface area contributed by atoms with E-state index in [0.717, 1.165) is 49.1 Å². The molecule has 0 unspecified atom stereocenters. The van der Waals surface area contributed by atoms with Crippen molar-refractivity contribution >= 4 is 23.5 Å². The van der Waals surface area contributed by atoms with Gasteiger partial charge < -0.3 is 15.0 Å². The van der Waals surface area contributed by atoms with Crippen molar-refractivity contribution in [1.29, 1.82) is 0 Å². The molecule has 1 atom stereocenters. The molecular formula is C20H23F3N2O4. The second kappa shape index (κ2) is 8.84. The number of amides is 2. The van der Waals surface area contributed by atoms with Crippen LogP contribution in [0.15, 0.2) is 24.3 Å². The molecule has 6 nitrogen and oxygen atoms in total. The number of anilines is 1. The molecule has 1 aromatic rings. The fraction of sp³-hybridized carbons (Fsp3) is 0.550. The summed E-state index contributed by atoms with van der Waals surface area (Å²) in [6.45, 7) is -0.507. The molecular weight excluding hydrogens is 389 g/mol. The number of rotatable bonds is 5. The van der Waals surface area contributed by atoms with Crippen molar-refractivity contribution in [3.63, 3.8) is 0 Å². The van der Waals surface area contributed by atoms with Crippen molar-refractivity contribution in [2.75, 3.05) is 18.1 Å². The number of ether oxygens (including phenoxy) is 1. The van der Waals surface area contributed by atoms with Gasteiger partial charge in [0.1, 0.15) is 0 Å². The number of alkyl halides is 3. The van der Waals surface area contributed by atoms with Crippen LogP contribution in [-0.2, 0) is 25.3 Å². The summed E-state index contributed by atoms with van der Waals surface area (Å²) in [6.07, 6.45) is 0.383. The van der Waals surface area contributed by atoms with Crippen molar-refractivity contribution in [1.82, 2.24) is 5.32 Å². The lowest BCUT2D eigenvalue weighted by Crippen LogP contribution is -2.39. The molecule has 2 amide bonds. The van der Waals surface area contributed by atoms with Crippen LogP contribution in [0.1, 0.15) is 44.1 Å². The number of carbonyl (C=O) groups is 3. The summed E-state index contributed by atoms with van der Waals surface area (Å²) in [5, 5.41) is 2.83. The molecule has 1 aliphatic heterocycles. The number of hydrogen-bond acceptors (Lipinski definition) is 4. The molecule has 2 fully saturated rings. The number of esters is 1. The smallest absolute Gasteiger partial charge is 0.416 e. The van der Waals surface area contributed by atoms with Crippen LogP contribution in [0.4, 0.5) is 18.9 Å². The lowest BCUT2D eigenvalue weighted by atomic mass is 9.95. The van der Waals surface area contributed by atoms with Gasteiger partial charge in [0, 0.05) is 24.7 Å². The van der Waals surface area contributed by atoms with Crippen molar-refractivity contribution in [3.8, 4) is 0 Å². The van der Waals surface area contributed by atoms with Gasteiger partial charge >= 0.3 is 12.1 Å². The molecule has 0 aromatic heterocycles. The Bertz CT molecular complexity index is 775. The highest BCUT2D eigenvalue weighted by Gasteiger charge is 2.38. The van der Waals surface area contributed by atoms with Gasteiger partial charge in [-0.1, -0.05) is 25.3 Å². The summed E-state index contributed by atoms with van der Waals surface area (Å²) in [5.74, 6) is -2.37. The monoisotopic (exact) mass is 412 g/mol. The van der Waals surface area contributed by atoms with Gasteiger partial charge in [0.2, 0.25) is 5.91 Å². The number of halogens is 3. The number of benzene rings is 1. The molecule has 158 valence electrons. The second-order valence-corrected chi connectivity index (χ2v) is 7.46. The zero-order valence-corrected chi connectivity index (χ0v) is 15.8. The predicted octanol–water partition coefficient (Wildman–Crippen LogP) is 3.05. The lowest BCUT2D eigenvalue weighted by Gasteiger charge is -2.22. The fourth-order valence-corrected chi connectivity index (χ4v) is 3.74. The maximum atomic E-state index is 12.9. The van der Waals surface area contributed by atoms with Crippen LogP contribution in [0.5, 0.6) is 0 Å². The summed E-state index contributed by atoms with van der Waals surface area (Å²) < 4.78 is 43.7. The van der Waals surface area contributed by atoms with Crippen LogP contribution in [0.2, 0.25) is 0 Å². The molecule has 1 saturated heterocycles. The van der Waals surface area contributed by atoms with Crippen LogP contribution in [0.25, 0.3) is 0 Å². The Morgan fingerprint density at radius 2 is 1.90 bits per heavy atom. The van der Waals surface area contributed by atoms with Crippen molar-refractivity contribution in [2.24, 2.45) is 5.92 Å². The van der Waals surface area contributed by atoms with Gasteiger partial charge in [-0.25, -0.2) is 0 Å². The molecule has 1 saturated carbocycles. The minimum atomic E-state index is -4.52. The highest BCUT2D eigenvalue weighted by Crippen LogP contribution is 2.33. The first kappa shape index (κ1) is 21.1. The summed E-state index contributed by atoms with van der Waals surface area (Å²) in [7, 11) is 0. The fourth-order valence-electron chi connectivity index (χ4n) is 3.74. The number of nitrogens with one attached hydrogen (secondary N) is 1. The third-order valence-electron chi connectivity index (χ3n) is 5.26. The van der Waals surface area contributed by atoms with E-state index < -0.39 is 36.1 Å². The van der Waals surface area contributed by atoms with E-state index in [1.54, 1.807) is 0 Å². The van der Waals surface area contributed by atoms with E-state index in [4.69, 9.17) is 4.74 Å². The second-order valence-electron chi connectivity index (χ2n) is 7.46. The van der Waals surface area contributed by atoms with Gasteiger partial charge in [-0.05, 0) is 31.0 Å². The summed E-state index contributed by atoms with van der Waals surface area (Å²) in [6, 6.07) is 4.49. The first-order valence-electron chi connectivity index (χ1n) is 9.67. The minimum Gasteiger partial charge on any atom is -0.455 e. The zero-order chi connectivity index (χ0) is 21.0. The van der Waals surface area contributed by atoms with E-state index in [1.807, 2.05) is 0 Å². The molecule has 1 aliphatic carbocycles. The standard InChI is InChI=1S/C20H23F3N2O4/c21-20(22,23)14-5-4-8-16(10-14)25-11-13(9-18(25)27)19(28)29-12-17(26)24-15-6-2-1-3-7-15/h4-5,8,10,13,15H,1-3,6-7,9,11-12H2,(H,24,26)/t13-/m1/s1. The van der Waals surface area contributed by atoms with E-state index in [1.165, 1.54) is 12.1 Å². The van der Waals surface area contributed by atoms with Gasteiger partial charge in [-0.2, -0.15) is 13.2 Å². The number of hydrogen-bond donors (Lipinski definition) is 1. The zero-order valence-electron chi connectivity index (χ0n) is 15.8. The van der Waals surface area contributed by atoms with Crippen LogP contribution in [-0.4, -0.2) is 37.0 Å². The van der Waals surface area contributed by atoms with Gasteiger partial charge in [0.05, 0.1) is 11.5 Å². The summed E-state index contributed by atoms with van der Waals surface area (Å²) in [4.78, 5) is 37.5. The average Bonchev–Trinajstić information content (AvgIpc) is 3.08. The van der Waals surface area contributed by atoms with Gasteiger partial charge in [-0.3, -0.25) is 14.4 Å². The van der Waals surface area contributed by atoms with Crippen LogP contribution >= 0.6 is 0 Å². The molecule has 9 heteroatoms. The van der Waals surface area contributed by atoms with Crippen LogP contribution in [0.3, 0.4) is 0 Å². The maximum Gasteiger partial charge on any atom is 0.416 e. The molecule has 1 N–H and O–H groups in total. The number of carbonyl (C=O) groups excluding carboxylic acids is 3. The Hall–Kier alpha value is -2.58. The highest BCUT2D eigenvalue weighted by atomic mass is 19.4. The van der Waals surface area contributed by atoms with Crippen LogP contribution in [0, 0.1) is 5.92 Å². The summed E-state index contributed by atoms with van der Waals surface area (Å²) in [5.41, 5.74) is -0.789. The van der Waals surface area contributed by atoms with E-state index >= 15 is 0 Å². The van der Waals surface area contributed by atoms with E-state index in [2.05, 4.69) is 5.32 Å². The van der Waals surface area contributed by atoms with Gasteiger partial charge in [0.15, 0.2) is 6.61 Å². The van der Waals surface area contributed by atoms with E-state index in [9.17, 15) is 27.6 Å². The predicted molar refractivity (Wildman–Crippen MR) is 97.9 cm³/mol. The van der Waals surface area contributed by atoms with Crippen LogP contribution < -0.4 is 10.2 Å². The van der Waals surface area contributed by atoms with Gasteiger partial charge in [0.25, 0.3) is 5.91 Å². The lowest BCUT2D eigenvalue weighted by molar-refractivity contribution is -0.152. The highest BCUT2D eigenvalue weighted by molar-refractivity contribution is 5.99. The Morgan fingerprint density at radius 1 is 1.17 bits per heavy atom. The largest absolute Gasteiger partial charge is 0.455 e. The molecule has 29 heavy (non-hydrogen) atoms. The normalized spacial score (nSPS) is 20.6. The first-order valence-corrected chi connectivity index (χ1v) is 9.67. The molecule has 1 aromatic carbocycles. The molecule has 0 radical (unpaired) electrons. The molecule has 0 bridgehead atoms. The van der Waals surface area contributed by atoms with Gasteiger partial charge in [-0.15, -0.1) is 0 Å². The number of nitrogens with zero attached hydrogens (tertiary/aromatic N) is 1. The minimum absolute atomic E-state index is 0.0789. The maximum absolute atomic E-state index is 12.9. The molecule has 0 spiro atoms. The first-order chi connectivity index (χ1) is 13.7. The third kappa shape index (κ3) is 5.48. The van der Waals surface area contributed by atoms with E-state index in [-0.39, 0.29) is 30.6 Å². The third-order valence-corrected chi connectivity index (χ3v) is 5.26. The Kier molecular flexibility index (Phi) is 6.44. The Balaban J connectivity index is 1.53. The van der Waals surface area contributed by atoms with Crippen molar-refractivity contribution in [3.05, 3.63) is 29.8 Å². The Labute approximate surface area is 166 Å². The van der Waals surface area contributed by atoms with E-state index in [0.29, 0.717) is 0 Å². The molecule has 3 rings (SSSR count). The molecule has 2 aliphatic rings. The Morgan fingerprint density at radius 3 is 2.59 bits per heavy atom. The average molecular weight is 412 g/mol. The van der Waals surface area contributed by atoms with Crippen molar-refractivity contribution < 1.29 is 32.3 Å². The summed E-state index contributed by atoms with van der Waals surface area (Å²) >= 11 is 0. The molecule has 1 heterocycles. The quantitative estimate of drug-likeness (QED) is 0.755.